The van der Waals surface area contributed by atoms with Crippen LogP contribution < -0.4 is 5.32 Å². The van der Waals surface area contributed by atoms with Crippen molar-refractivity contribution < 1.29 is 5.11 Å². The molecule has 1 aromatic heterocycles. The molecule has 2 unspecified atom stereocenters. The number of hydrogen-bond acceptors (Lipinski definition) is 3. The van der Waals surface area contributed by atoms with Gasteiger partial charge in [0.15, 0.2) is 0 Å². The zero-order valence-electron chi connectivity index (χ0n) is 13.1. The van der Waals surface area contributed by atoms with Crippen LogP contribution in [-0.4, -0.2) is 26.8 Å². The highest BCUT2D eigenvalue weighted by Crippen LogP contribution is 2.17. The van der Waals surface area contributed by atoms with Crippen LogP contribution in [0.2, 0.25) is 0 Å². The summed E-state index contributed by atoms with van der Waals surface area (Å²) >= 11 is 0. The van der Waals surface area contributed by atoms with Crippen LogP contribution in [0, 0.1) is 0 Å². The van der Waals surface area contributed by atoms with Gasteiger partial charge in [-0.1, -0.05) is 25.5 Å². The topological polar surface area (TPSA) is 50.1 Å². The van der Waals surface area contributed by atoms with Crippen molar-refractivity contribution in [1.29, 1.82) is 0 Å². The van der Waals surface area contributed by atoms with Crippen LogP contribution in [0.25, 0.3) is 5.69 Å². The molecule has 1 aromatic carbocycles. The summed E-state index contributed by atoms with van der Waals surface area (Å²) in [6.07, 6.45) is 7.29. The fraction of sp³-hybridized carbons (Fsp3) is 0.471. The van der Waals surface area contributed by atoms with Gasteiger partial charge in [-0.05, 0) is 38.0 Å². The molecule has 0 saturated carbocycles. The summed E-state index contributed by atoms with van der Waals surface area (Å²) in [7, 11) is 0. The Labute approximate surface area is 126 Å². The Bertz CT molecular complexity index is 532. The Morgan fingerprint density at radius 2 is 2.05 bits per heavy atom. The molecule has 114 valence electrons. The van der Waals surface area contributed by atoms with Crippen molar-refractivity contribution >= 4 is 0 Å². The molecule has 2 atom stereocenters. The second-order valence-corrected chi connectivity index (χ2v) is 5.91. The summed E-state index contributed by atoms with van der Waals surface area (Å²) in [5.41, 5.74) is 1.67. The second kappa shape index (κ2) is 6.87. The predicted molar refractivity (Wildman–Crippen MR) is 85.5 cm³/mol. The first-order chi connectivity index (χ1) is 10.0. The van der Waals surface area contributed by atoms with Gasteiger partial charge < -0.3 is 15.0 Å². The fourth-order valence-electron chi connectivity index (χ4n) is 2.46. The summed E-state index contributed by atoms with van der Waals surface area (Å²) in [4.78, 5) is 4.05. The molecular formula is C17H25N3O. The van der Waals surface area contributed by atoms with Crippen molar-refractivity contribution in [2.45, 2.75) is 45.3 Å². The molecule has 0 fully saturated rings. The summed E-state index contributed by atoms with van der Waals surface area (Å²) in [6.45, 7) is 6.70. The number of aromatic nitrogens is 2. The summed E-state index contributed by atoms with van der Waals surface area (Å²) in [6, 6.07) is 8.60. The Morgan fingerprint density at radius 1 is 1.33 bits per heavy atom. The highest BCUT2D eigenvalue weighted by molar-refractivity contribution is 5.35. The normalized spacial score (nSPS) is 15.6. The Hall–Kier alpha value is -1.65. The summed E-state index contributed by atoms with van der Waals surface area (Å²) in [5.74, 6) is 0. The fourth-order valence-corrected chi connectivity index (χ4v) is 2.46. The lowest BCUT2D eigenvalue weighted by Crippen LogP contribution is -2.38. The number of aliphatic hydroxyl groups is 1. The molecule has 0 aliphatic heterocycles. The Kier molecular flexibility index (Phi) is 5.15. The van der Waals surface area contributed by atoms with Crippen molar-refractivity contribution in [3.05, 3.63) is 48.5 Å². The van der Waals surface area contributed by atoms with Crippen LogP contribution in [0.4, 0.5) is 0 Å². The third kappa shape index (κ3) is 4.41. The third-order valence-electron chi connectivity index (χ3n) is 3.77. The van der Waals surface area contributed by atoms with E-state index in [1.54, 1.807) is 12.5 Å². The van der Waals surface area contributed by atoms with Gasteiger partial charge in [-0.2, -0.15) is 0 Å². The first-order valence-corrected chi connectivity index (χ1v) is 7.56. The predicted octanol–water partition coefficient (Wildman–Crippen LogP) is 3.07. The van der Waals surface area contributed by atoms with E-state index in [2.05, 4.69) is 48.4 Å². The first-order valence-electron chi connectivity index (χ1n) is 7.56. The van der Waals surface area contributed by atoms with E-state index in [1.807, 2.05) is 17.7 Å². The number of imidazole rings is 1. The molecule has 0 saturated heterocycles. The van der Waals surface area contributed by atoms with Crippen molar-refractivity contribution in [3.8, 4) is 5.69 Å². The van der Waals surface area contributed by atoms with E-state index < -0.39 is 5.60 Å². The number of rotatable bonds is 7. The average Bonchev–Trinajstić information content (AvgIpc) is 2.99. The van der Waals surface area contributed by atoms with E-state index in [9.17, 15) is 5.11 Å². The monoisotopic (exact) mass is 287 g/mol. The van der Waals surface area contributed by atoms with Crippen molar-refractivity contribution in [2.75, 3.05) is 6.54 Å². The number of nitrogens with zero attached hydrogens (tertiary/aromatic N) is 2. The highest BCUT2D eigenvalue weighted by atomic mass is 16.3. The largest absolute Gasteiger partial charge is 0.389 e. The van der Waals surface area contributed by atoms with Gasteiger partial charge in [0.2, 0.25) is 0 Å². The maximum absolute atomic E-state index is 10.2. The maximum Gasteiger partial charge on any atom is 0.0991 e. The van der Waals surface area contributed by atoms with Crippen molar-refractivity contribution in [1.82, 2.24) is 14.9 Å². The third-order valence-corrected chi connectivity index (χ3v) is 3.77. The van der Waals surface area contributed by atoms with Crippen LogP contribution >= 0.6 is 0 Å². The van der Waals surface area contributed by atoms with E-state index in [-0.39, 0.29) is 6.04 Å². The zero-order valence-corrected chi connectivity index (χ0v) is 13.1. The molecule has 0 aliphatic carbocycles. The van der Waals surface area contributed by atoms with Gasteiger partial charge in [0.05, 0.1) is 11.9 Å². The molecule has 21 heavy (non-hydrogen) atoms. The van der Waals surface area contributed by atoms with Crippen molar-refractivity contribution in [2.24, 2.45) is 0 Å². The van der Waals surface area contributed by atoms with Crippen LogP contribution in [0.3, 0.4) is 0 Å². The van der Waals surface area contributed by atoms with E-state index in [1.165, 1.54) is 5.56 Å². The summed E-state index contributed by atoms with van der Waals surface area (Å²) in [5, 5.41) is 13.6. The smallest absolute Gasteiger partial charge is 0.0991 e. The van der Waals surface area contributed by atoms with E-state index in [0.717, 1.165) is 18.5 Å². The maximum atomic E-state index is 10.2. The lowest BCUT2D eigenvalue weighted by atomic mass is 9.99. The quantitative estimate of drug-likeness (QED) is 0.823. The molecule has 2 N–H and O–H groups in total. The van der Waals surface area contributed by atoms with E-state index in [0.29, 0.717) is 6.54 Å². The second-order valence-electron chi connectivity index (χ2n) is 5.91. The van der Waals surface area contributed by atoms with Crippen LogP contribution in [-0.2, 0) is 0 Å². The molecule has 2 aromatic rings. The number of hydrogen-bond donors (Lipinski definition) is 2. The Balaban J connectivity index is 1.95. The number of nitrogens with one attached hydrogen (secondary N) is 1. The molecule has 4 heteroatoms. The van der Waals surface area contributed by atoms with Gasteiger partial charge in [0.1, 0.15) is 0 Å². The molecule has 4 nitrogen and oxygen atoms in total. The van der Waals surface area contributed by atoms with Crippen LogP contribution in [0.1, 0.15) is 45.2 Å². The highest BCUT2D eigenvalue weighted by Gasteiger charge is 2.19. The minimum atomic E-state index is -0.639. The first kappa shape index (κ1) is 15.7. The molecular weight excluding hydrogens is 262 g/mol. The summed E-state index contributed by atoms with van der Waals surface area (Å²) < 4.78 is 1.98. The van der Waals surface area contributed by atoms with Gasteiger partial charge in [-0.25, -0.2) is 4.98 Å². The zero-order chi connectivity index (χ0) is 15.3. The van der Waals surface area contributed by atoms with Crippen molar-refractivity contribution in [3.63, 3.8) is 0 Å². The molecule has 0 spiro atoms. The lowest BCUT2D eigenvalue weighted by Gasteiger charge is -2.25. The molecule has 0 aliphatic rings. The molecule has 1 heterocycles. The minimum absolute atomic E-state index is 0.213. The molecule has 0 radical (unpaired) electrons. The standard InChI is InChI=1S/C17H25N3O/c1-4-9-17(3,21)12-19-14(2)15-5-7-16(8-6-15)20-11-10-18-13-20/h5-8,10-11,13-14,19,21H,4,9,12H2,1-3H3. The lowest BCUT2D eigenvalue weighted by molar-refractivity contribution is 0.0477. The molecule has 0 bridgehead atoms. The SMILES string of the molecule is CCCC(C)(O)CNC(C)c1ccc(-n2ccnc2)cc1. The molecule has 0 amide bonds. The van der Waals surface area contributed by atoms with Gasteiger partial charge in [-0.15, -0.1) is 0 Å². The van der Waals surface area contributed by atoms with E-state index >= 15 is 0 Å². The van der Waals surface area contributed by atoms with Crippen LogP contribution in [0.15, 0.2) is 43.0 Å². The number of benzene rings is 1. The Morgan fingerprint density at radius 3 is 2.62 bits per heavy atom. The van der Waals surface area contributed by atoms with Gasteiger partial charge >= 0.3 is 0 Å². The molecule has 2 rings (SSSR count). The van der Waals surface area contributed by atoms with E-state index in [4.69, 9.17) is 0 Å². The van der Waals surface area contributed by atoms with Gasteiger partial charge in [-0.3, -0.25) is 0 Å². The van der Waals surface area contributed by atoms with Gasteiger partial charge in [0.25, 0.3) is 0 Å². The van der Waals surface area contributed by atoms with Crippen LogP contribution in [0.5, 0.6) is 0 Å². The minimum Gasteiger partial charge on any atom is -0.389 e. The van der Waals surface area contributed by atoms with Gasteiger partial charge in [0, 0.05) is 30.7 Å². The average molecular weight is 287 g/mol.